The van der Waals surface area contributed by atoms with Gasteiger partial charge in [0.1, 0.15) is 17.4 Å². The van der Waals surface area contributed by atoms with Crippen LogP contribution in [0.2, 0.25) is 0 Å². The zero-order chi connectivity index (χ0) is 27.2. The summed E-state index contributed by atoms with van der Waals surface area (Å²) in [6, 6.07) is 9.50. The number of carbonyl (C=O) groups excluding carboxylic acids is 3. The third-order valence-electron chi connectivity index (χ3n) is 7.84. The Morgan fingerprint density at radius 1 is 1.13 bits per heavy atom. The van der Waals surface area contributed by atoms with E-state index in [1.807, 2.05) is 32.0 Å². The van der Waals surface area contributed by atoms with Crippen LogP contribution in [-0.2, 0) is 9.59 Å². The number of halogens is 1. The maximum absolute atomic E-state index is 14.3. The van der Waals surface area contributed by atoms with E-state index in [1.54, 1.807) is 36.0 Å². The summed E-state index contributed by atoms with van der Waals surface area (Å²) in [6.07, 6.45) is 2.70. The van der Waals surface area contributed by atoms with E-state index in [2.05, 4.69) is 20.4 Å². The fraction of sp³-hybridized carbons (Fsp3) is 0.429. The molecule has 2 fully saturated rings. The number of aryl methyl sites for hydroxylation is 1. The number of nitrogens with one attached hydrogen (secondary N) is 2. The summed E-state index contributed by atoms with van der Waals surface area (Å²) in [5.74, 6) is -1.62. The number of aromatic nitrogens is 2. The van der Waals surface area contributed by atoms with Crippen LogP contribution in [0.4, 0.5) is 10.1 Å². The van der Waals surface area contributed by atoms with Crippen molar-refractivity contribution in [2.24, 2.45) is 5.92 Å². The number of benzene rings is 2. The summed E-state index contributed by atoms with van der Waals surface area (Å²) in [4.78, 5) is 45.5. The average Bonchev–Trinajstić information content (AvgIpc) is 3.46. The molecule has 38 heavy (non-hydrogen) atoms. The Kier molecular flexibility index (Phi) is 6.58. The van der Waals surface area contributed by atoms with Gasteiger partial charge in [-0.05, 0) is 56.0 Å². The van der Waals surface area contributed by atoms with E-state index in [0.717, 1.165) is 22.2 Å². The van der Waals surface area contributed by atoms with Crippen LogP contribution in [-0.4, -0.2) is 76.1 Å². The van der Waals surface area contributed by atoms with Crippen molar-refractivity contribution in [2.45, 2.75) is 45.2 Å². The van der Waals surface area contributed by atoms with E-state index in [-0.39, 0.29) is 23.3 Å². The summed E-state index contributed by atoms with van der Waals surface area (Å²) in [6.45, 7) is 6.70. The van der Waals surface area contributed by atoms with Crippen LogP contribution < -0.4 is 10.2 Å². The first-order valence-corrected chi connectivity index (χ1v) is 12.9. The Hall–Kier alpha value is -3.95. The van der Waals surface area contributed by atoms with Crippen LogP contribution in [0, 0.1) is 18.7 Å². The highest BCUT2D eigenvalue weighted by Crippen LogP contribution is 2.40. The maximum Gasteiger partial charge on any atom is 0.254 e. The predicted molar refractivity (Wildman–Crippen MR) is 142 cm³/mol. The van der Waals surface area contributed by atoms with Gasteiger partial charge in [-0.3, -0.25) is 19.5 Å². The molecule has 2 aliphatic heterocycles. The van der Waals surface area contributed by atoms with Crippen LogP contribution in [0.5, 0.6) is 0 Å². The SMILES string of the molecule is Cc1ccc(F)c(C(=O)N[C@@H](C(=O)N2CCC3(CC2)C(=O)N(C)CN3c2ccc3[nH]ncc3c2)C(C)C)c1. The summed E-state index contributed by atoms with van der Waals surface area (Å²) in [7, 11) is 1.80. The highest BCUT2D eigenvalue weighted by Gasteiger charge is 2.53. The average molecular weight is 521 g/mol. The van der Waals surface area contributed by atoms with Crippen LogP contribution >= 0.6 is 0 Å². The van der Waals surface area contributed by atoms with E-state index >= 15 is 0 Å². The number of piperidine rings is 1. The van der Waals surface area contributed by atoms with E-state index < -0.39 is 23.3 Å². The van der Waals surface area contributed by atoms with Crippen molar-refractivity contribution in [1.82, 2.24) is 25.3 Å². The van der Waals surface area contributed by atoms with Gasteiger partial charge in [0.15, 0.2) is 0 Å². The molecule has 1 aromatic heterocycles. The summed E-state index contributed by atoms with van der Waals surface area (Å²) < 4.78 is 14.3. The van der Waals surface area contributed by atoms with E-state index in [1.165, 1.54) is 12.1 Å². The van der Waals surface area contributed by atoms with Crippen LogP contribution in [0.25, 0.3) is 10.9 Å². The first-order chi connectivity index (χ1) is 18.1. The number of hydrogen-bond donors (Lipinski definition) is 2. The minimum atomic E-state index is -0.807. The second kappa shape index (κ2) is 9.74. The molecule has 3 amide bonds. The quantitative estimate of drug-likeness (QED) is 0.539. The molecule has 3 aromatic rings. The number of anilines is 1. The largest absolute Gasteiger partial charge is 0.341 e. The lowest BCUT2D eigenvalue weighted by molar-refractivity contribution is -0.139. The molecule has 1 atom stereocenters. The lowest BCUT2D eigenvalue weighted by Gasteiger charge is -2.44. The Bertz CT molecular complexity index is 1390. The molecule has 2 saturated heterocycles. The van der Waals surface area contributed by atoms with Gasteiger partial charge in [-0.25, -0.2) is 4.39 Å². The van der Waals surface area contributed by atoms with Crippen molar-refractivity contribution in [1.29, 1.82) is 0 Å². The molecule has 9 nitrogen and oxygen atoms in total. The molecule has 0 saturated carbocycles. The van der Waals surface area contributed by atoms with Crippen LogP contribution in [0.3, 0.4) is 0 Å². The summed E-state index contributed by atoms with van der Waals surface area (Å²) in [5, 5.41) is 10.8. The smallest absolute Gasteiger partial charge is 0.254 e. The molecule has 2 N–H and O–H groups in total. The maximum atomic E-state index is 14.3. The van der Waals surface area contributed by atoms with Crippen molar-refractivity contribution in [2.75, 3.05) is 31.7 Å². The normalized spacial score (nSPS) is 18.1. The van der Waals surface area contributed by atoms with Gasteiger partial charge in [0.25, 0.3) is 5.91 Å². The molecule has 0 bridgehead atoms. The lowest BCUT2D eigenvalue weighted by atomic mass is 9.85. The highest BCUT2D eigenvalue weighted by molar-refractivity contribution is 5.98. The second-order valence-electron chi connectivity index (χ2n) is 10.7. The van der Waals surface area contributed by atoms with Gasteiger partial charge >= 0.3 is 0 Å². The molecule has 10 heteroatoms. The van der Waals surface area contributed by atoms with Crippen molar-refractivity contribution >= 4 is 34.3 Å². The van der Waals surface area contributed by atoms with Gasteiger partial charge in [-0.1, -0.05) is 25.5 Å². The molecular weight excluding hydrogens is 487 g/mol. The second-order valence-corrected chi connectivity index (χ2v) is 10.7. The zero-order valence-electron chi connectivity index (χ0n) is 22.1. The number of amides is 3. The molecule has 0 radical (unpaired) electrons. The number of likely N-dealkylation sites (N-methyl/N-ethyl adjacent to an activating group) is 1. The van der Waals surface area contributed by atoms with Crippen LogP contribution in [0.1, 0.15) is 42.6 Å². The number of likely N-dealkylation sites (tertiary alicyclic amines) is 1. The summed E-state index contributed by atoms with van der Waals surface area (Å²) in [5.41, 5.74) is 1.79. The monoisotopic (exact) mass is 520 g/mol. The molecule has 1 spiro atoms. The van der Waals surface area contributed by atoms with Crippen molar-refractivity contribution in [3.8, 4) is 0 Å². The fourth-order valence-electron chi connectivity index (χ4n) is 5.63. The molecule has 2 aromatic carbocycles. The third-order valence-corrected chi connectivity index (χ3v) is 7.84. The van der Waals surface area contributed by atoms with Gasteiger partial charge in [0, 0.05) is 31.2 Å². The lowest BCUT2D eigenvalue weighted by Crippen LogP contribution is -2.60. The van der Waals surface area contributed by atoms with Gasteiger partial charge in [-0.15, -0.1) is 0 Å². The van der Waals surface area contributed by atoms with Crippen molar-refractivity contribution in [3.05, 3.63) is 59.5 Å². The van der Waals surface area contributed by atoms with Crippen molar-refractivity contribution in [3.63, 3.8) is 0 Å². The summed E-state index contributed by atoms with van der Waals surface area (Å²) >= 11 is 0. The standard InChI is InChI=1S/C28H33FN6O3/c1-17(2)24(31-25(36)21-13-18(3)5-7-22(21)29)26(37)34-11-9-28(10-12-34)27(38)33(4)16-35(28)20-6-8-23-19(14-20)15-30-32-23/h5-8,13-15,17,24H,9-12,16H2,1-4H3,(H,30,32)(H,31,36)/t24-/m1/s1. The van der Waals surface area contributed by atoms with Crippen LogP contribution in [0.15, 0.2) is 42.6 Å². The van der Waals surface area contributed by atoms with Gasteiger partial charge < -0.3 is 20.0 Å². The first-order valence-electron chi connectivity index (χ1n) is 12.9. The van der Waals surface area contributed by atoms with Gasteiger partial charge in [-0.2, -0.15) is 5.10 Å². The number of carbonyl (C=O) groups is 3. The van der Waals surface area contributed by atoms with E-state index in [0.29, 0.717) is 32.6 Å². The molecule has 0 unspecified atom stereocenters. The number of aromatic amines is 1. The van der Waals surface area contributed by atoms with Gasteiger partial charge in [0.05, 0.1) is 23.9 Å². The predicted octanol–water partition coefficient (Wildman–Crippen LogP) is 3.06. The first kappa shape index (κ1) is 25.7. The fourth-order valence-corrected chi connectivity index (χ4v) is 5.63. The number of rotatable bonds is 5. The van der Waals surface area contributed by atoms with Gasteiger partial charge in [0.2, 0.25) is 11.8 Å². The Labute approximate surface area is 221 Å². The number of nitrogens with zero attached hydrogens (tertiary/aromatic N) is 4. The molecular formula is C28H33FN6O3. The highest BCUT2D eigenvalue weighted by atomic mass is 19.1. The van der Waals surface area contributed by atoms with E-state index in [4.69, 9.17) is 0 Å². The molecule has 2 aliphatic rings. The number of hydrogen-bond acceptors (Lipinski definition) is 5. The molecule has 200 valence electrons. The topological polar surface area (TPSA) is 102 Å². The Morgan fingerprint density at radius 3 is 2.58 bits per heavy atom. The minimum Gasteiger partial charge on any atom is -0.341 e. The number of fused-ring (bicyclic) bond motifs is 1. The zero-order valence-corrected chi connectivity index (χ0v) is 22.1. The third kappa shape index (κ3) is 4.37. The molecule has 3 heterocycles. The Balaban J connectivity index is 1.33. The molecule has 0 aliphatic carbocycles. The van der Waals surface area contributed by atoms with Crippen molar-refractivity contribution < 1.29 is 18.8 Å². The Morgan fingerprint density at radius 2 is 1.87 bits per heavy atom. The van der Waals surface area contributed by atoms with E-state index in [9.17, 15) is 18.8 Å². The number of H-pyrrole nitrogens is 1. The minimum absolute atomic E-state index is 0.0422. The molecule has 5 rings (SSSR count).